The monoisotopic (exact) mass is 444 g/mol. The van der Waals surface area contributed by atoms with Gasteiger partial charge in [-0.15, -0.1) is 11.3 Å². The molecule has 0 bridgehead atoms. The third-order valence-electron chi connectivity index (χ3n) is 4.37. The van der Waals surface area contributed by atoms with Crippen molar-refractivity contribution in [3.8, 4) is 5.75 Å². The van der Waals surface area contributed by atoms with E-state index in [1.807, 2.05) is 12.1 Å². The number of likely N-dealkylation sites (tertiary alicyclic amines) is 1. The van der Waals surface area contributed by atoms with E-state index in [0.717, 1.165) is 28.9 Å². The van der Waals surface area contributed by atoms with E-state index in [1.54, 1.807) is 19.2 Å². The number of nitrogens with zero attached hydrogens (tertiary/aromatic N) is 1. The molecule has 2 aromatic rings. The van der Waals surface area contributed by atoms with Gasteiger partial charge in [0.25, 0.3) is 0 Å². The molecule has 0 amide bonds. The minimum Gasteiger partial charge on any atom is -0.497 e. The van der Waals surface area contributed by atoms with E-state index in [2.05, 4.69) is 37.7 Å². The highest BCUT2D eigenvalue weighted by molar-refractivity contribution is 9.11. The summed E-state index contributed by atoms with van der Waals surface area (Å²) in [7, 11) is -1.77. The van der Waals surface area contributed by atoms with Crippen LogP contribution in [-0.2, 0) is 10.0 Å². The smallest absolute Gasteiger partial charge is 0.250 e. The Morgan fingerprint density at radius 1 is 1.28 bits per heavy atom. The zero-order valence-electron chi connectivity index (χ0n) is 13.9. The molecule has 1 fully saturated rings. The summed E-state index contributed by atoms with van der Waals surface area (Å²) >= 11 is 4.52. The Balaban J connectivity index is 1.58. The molecule has 0 saturated carbocycles. The molecule has 1 aromatic carbocycles. The third kappa shape index (κ3) is 4.62. The minimum atomic E-state index is -3.43. The molecule has 0 radical (unpaired) electrons. The Morgan fingerprint density at radius 2 is 2.04 bits per heavy atom. The standard InChI is InChI=1S/C17H21BrN2O3S2/c1-23-14-6-4-13(5-7-14)15-3-2-11-20(15)12-10-19-25(21,22)17-9-8-16(18)24-17/h4-9,15,19H,2-3,10-12H2,1H3. The summed E-state index contributed by atoms with van der Waals surface area (Å²) in [6.45, 7) is 2.09. The molecular weight excluding hydrogens is 424 g/mol. The lowest BCUT2D eigenvalue weighted by molar-refractivity contribution is 0.261. The van der Waals surface area contributed by atoms with Crippen LogP contribution in [-0.4, -0.2) is 40.1 Å². The van der Waals surface area contributed by atoms with Gasteiger partial charge in [-0.1, -0.05) is 12.1 Å². The highest BCUT2D eigenvalue weighted by atomic mass is 79.9. The van der Waals surface area contributed by atoms with Crippen molar-refractivity contribution in [1.29, 1.82) is 0 Å². The second-order valence-electron chi connectivity index (χ2n) is 5.92. The lowest BCUT2D eigenvalue weighted by Gasteiger charge is -2.25. The molecule has 1 aliphatic rings. The number of rotatable bonds is 7. The van der Waals surface area contributed by atoms with Gasteiger partial charge in [-0.3, -0.25) is 4.90 Å². The molecule has 136 valence electrons. The molecular formula is C17H21BrN2O3S2. The molecule has 0 aliphatic carbocycles. The Hall–Kier alpha value is -0.930. The van der Waals surface area contributed by atoms with Gasteiger partial charge in [0.15, 0.2) is 0 Å². The van der Waals surface area contributed by atoms with E-state index in [-0.39, 0.29) is 0 Å². The maximum absolute atomic E-state index is 12.3. The van der Waals surface area contributed by atoms with E-state index in [9.17, 15) is 8.42 Å². The van der Waals surface area contributed by atoms with Gasteiger partial charge in [0.2, 0.25) is 10.0 Å². The predicted molar refractivity (Wildman–Crippen MR) is 104 cm³/mol. The zero-order chi connectivity index (χ0) is 17.9. The maximum atomic E-state index is 12.3. The highest BCUT2D eigenvalue weighted by Crippen LogP contribution is 2.32. The molecule has 2 heterocycles. The summed E-state index contributed by atoms with van der Waals surface area (Å²) in [6.07, 6.45) is 2.22. The SMILES string of the molecule is COc1ccc(C2CCCN2CCNS(=O)(=O)c2ccc(Br)s2)cc1. The van der Waals surface area contributed by atoms with Crippen LogP contribution in [0.5, 0.6) is 5.75 Å². The second kappa shape index (κ2) is 8.18. The average molecular weight is 445 g/mol. The van der Waals surface area contributed by atoms with Crippen molar-refractivity contribution in [1.82, 2.24) is 9.62 Å². The first-order valence-electron chi connectivity index (χ1n) is 8.12. The molecule has 25 heavy (non-hydrogen) atoms. The quantitative estimate of drug-likeness (QED) is 0.707. The molecule has 8 heteroatoms. The Morgan fingerprint density at radius 3 is 2.68 bits per heavy atom. The molecule has 1 atom stereocenters. The van der Waals surface area contributed by atoms with Crippen molar-refractivity contribution < 1.29 is 13.2 Å². The zero-order valence-corrected chi connectivity index (χ0v) is 17.2. The van der Waals surface area contributed by atoms with Crippen molar-refractivity contribution in [2.75, 3.05) is 26.7 Å². The predicted octanol–water partition coefficient (Wildman–Crippen LogP) is 3.63. The first-order chi connectivity index (χ1) is 12.0. The van der Waals surface area contributed by atoms with Gasteiger partial charge >= 0.3 is 0 Å². The lowest BCUT2D eigenvalue weighted by Crippen LogP contribution is -2.34. The van der Waals surface area contributed by atoms with E-state index >= 15 is 0 Å². The van der Waals surface area contributed by atoms with Gasteiger partial charge in [-0.25, -0.2) is 13.1 Å². The Labute approximate surface area is 161 Å². The van der Waals surface area contributed by atoms with Gasteiger partial charge in [0.05, 0.1) is 10.9 Å². The topological polar surface area (TPSA) is 58.6 Å². The molecule has 3 rings (SSSR count). The maximum Gasteiger partial charge on any atom is 0.250 e. The first kappa shape index (κ1) is 18.8. The molecule has 0 spiro atoms. The van der Waals surface area contributed by atoms with Gasteiger partial charge in [0.1, 0.15) is 9.96 Å². The van der Waals surface area contributed by atoms with Crippen molar-refractivity contribution in [2.45, 2.75) is 23.1 Å². The van der Waals surface area contributed by atoms with Crippen LogP contribution in [0.1, 0.15) is 24.4 Å². The van der Waals surface area contributed by atoms with Crippen LogP contribution in [0, 0.1) is 0 Å². The van der Waals surface area contributed by atoms with Crippen molar-refractivity contribution in [3.05, 3.63) is 45.7 Å². The molecule has 5 nitrogen and oxygen atoms in total. The fourth-order valence-electron chi connectivity index (χ4n) is 3.13. The largest absolute Gasteiger partial charge is 0.497 e. The average Bonchev–Trinajstić information content (AvgIpc) is 3.24. The molecule has 1 unspecified atom stereocenters. The Bertz CT molecular complexity index is 806. The number of sulfonamides is 1. The summed E-state index contributed by atoms with van der Waals surface area (Å²) in [4.78, 5) is 2.34. The Kier molecular flexibility index (Phi) is 6.17. The molecule has 1 aliphatic heterocycles. The summed E-state index contributed by atoms with van der Waals surface area (Å²) in [5.41, 5.74) is 1.25. The van der Waals surface area contributed by atoms with Crippen LogP contribution in [0.25, 0.3) is 0 Å². The van der Waals surface area contributed by atoms with Crippen LogP contribution in [0.15, 0.2) is 44.4 Å². The van der Waals surface area contributed by atoms with E-state index in [1.165, 1.54) is 16.9 Å². The van der Waals surface area contributed by atoms with Crippen LogP contribution in [0.3, 0.4) is 0 Å². The number of thiophene rings is 1. The number of halogens is 1. The molecule has 1 aromatic heterocycles. The fourth-order valence-corrected chi connectivity index (χ4v) is 6.21. The fraction of sp³-hybridized carbons (Fsp3) is 0.412. The number of benzene rings is 1. The van der Waals surface area contributed by atoms with Crippen LogP contribution in [0.4, 0.5) is 0 Å². The summed E-state index contributed by atoms with van der Waals surface area (Å²) in [6, 6.07) is 11.8. The van der Waals surface area contributed by atoms with Gasteiger partial charge in [-0.2, -0.15) is 0 Å². The normalized spacial score (nSPS) is 18.6. The summed E-state index contributed by atoms with van der Waals surface area (Å²) in [5, 5.41) is 0. The van der Waals surface area contributed by atoms with Crippen molar-refractivity contribution >= 4 is 37.3 Å². The van der Waals surface area contributed by atoms with Crippen LogP contribution in [0.2, 0.25) is 0 Å². The van der Waals surface area contributed by atoms with Gasteiger partial charge in [0, 0.05) is 19.1 Å². The molecule has 1 saturated heterocycles. The van der Waals surface area contributed by atoms with Gasteiger partial charge < -0.3 is 4.74 Å². The number of nitrogens with one attached hydrogen (secondary N) is 1. The molecule has 1 N–H and O–H groups in total. The summed E-state index contributed by atoms with van der Waals surface area (Å²) in [5.74, 6) is 0.850. The highest BCUT2D eigenvalue weighted by Gasteiger charge is 2.26. The van der Waals surface area contributed by atoms with E-state index in [4.69, 9.17) is 4.74 Å². The van der Waals surface area contributed by atoms with Crippen LogP contribution >= 0.6 is 27.3 Å². The van der Waals surface area contributed by atoms with E-state index in [0.29, 0.717) is 23.3 Å². The number of methoxy groups -OCH3 is 1. The third-order valence-corrected chi connectivity index (χ3v) is 7.95. The lowest BCUT2D eigenvalue weighted by atomic mass is 10.0. The number of ether oxygens (including phenoxy) is 1. The minimum absolute atomic E-state index is 0.339. The van der Waals surface area contributed by atoms with Crippen molar-refractivity contribution in [2.24, 2.45) is 0 Å². The van der Waals surface area contributed by atoms with E-state index < -0.39 is 10.0 Å². The van der Waals surface area contributed by atoms with Crippen LogP contribution < -0.4 is 9.46 Å². The number of hydrogen-bond acceptors (Lipinski definition) is 5. The first-order valence-corrected chi connectivity index (χ1v) is 11.2. The second-order valence-corrected chi connectivity index (χ2v) is 10.4. The number of hydrogen-bond donors (Lipinski definition) is 1. The van der Waals surface area contributed by atoms with Gasteiger partial charge in [-0.05, 0) is 65.1 Å². The van der Waals surface area contributed by atoms with Crippen molar-refractivity contribution in [3.63, 3.8) is 0 Å². The summed E-state index contributed by atoms with van der Waals surface area (Å²) < 4.78 is 33.6.